The second-order valence-corrected chi connectivity index (χ2v) is 3.23. The molecule has 0 heterocycles. The van der Waals surface area contributed by atoms with Gasteiger partial charge < -0.3 is 41.1 Å². The average molecular weight is 467 g/mol. The van der Waals surface area contributed by atoms with Gasteiger partial charge in [-0.05, 0) is 0 Å². The van der Waals surface area contributed by atoms with Gasteiger partial charge in [0.25, 0.3) is 0 Å². The summed E-state index contributed by atoms with van der Waals surface area (Å²) < 4.78 is 0. The second-order valence-electron chi connectivity index (χ2n) is 3.23. The van der Waals surface area contributed by atoms with Crippen LogP contribution in [0, 0.1) is 10.8 Å². The van der Waals surface area contributed by atoms with E-state index in [9.17, 15) is 19.8 Å². The number of likely N-dealkylation sites (N-methyl/N-ethyl adjacent to an activating group) is 2. The topological polar surface area (TPSA) is 186 Å². The molecule has 6 N–H and O–H groups in total. The van der Waals surface area contributed by atoms with Crippen LogP contribution in [0.3, 0.4) is 0 Å². The molecule has 0 fully saturated rings. The van der Waals surface area contributed by atoms with Crippen LogP contribution in [0.15, 0.2) is 0 Å². The average Bonchev–Trinajstić information content (AvgIpc) is 2.16. The van der Waals surface area contributed by atoms with Gasteiger partial charge in [0.05, 0.1) is 25.0 Å². The molecule has 0 aromatic heterocycles. The first kappa shape index (κ1) is 22.6. The maximum absolute atomic E-state index is 9.81. The Bertz CT molecular complexity index is 305. The fourth-order valence-electron chi connectivity index (χ4n) is 0.558. The molecular formula is C8H16N6O4Pb. The van der Waals surface area contributed by atoms with Gasteiger partial charge in [-0.25, -0.2) is 0 Å². The Morgan fingerprint density at radius 1 is 0.947 bits per heavy atom. The van der Waals surface area contributed by atoms with Gasteiger partial charge in [0.1, 0.15) is 0 Å². The molecule has 106 valence electrons. The number of nitrogens with two attached hydrogens (primary N) is 2. The van der Waals surface area contributed by atoms with Crippen molar-refractivity contribution in [2.75, 3.05) is 27.2 Å². The zero-order valence-corrected chi connectivity index (χ0v) is 14.5. The molecule has 10 nitrogen and oxygen atoms in total. The summed E-state index contributed by atoms with van der Waals surface area (Å²) in [6, 6.07) is 0. The number of aliphatic carboxylic acids is 2. The van der Waals surface area contributed by atoms with Crippen molar-refractivity contribution >= 4 is 51.2 Å². The molecular weight excluding hydrogens is 451 g/mol. The van der Waals surface area contributed by atoms with Gasteiger partial charge in [0, 0.05) is 14.1 Å². The zero-order valence-electron chi connectivity index (χ0n) is 10.6. The molecule has 0 aliphatic rings. The third kappa shape index (κ3) is 16.4. The summed E-state index contributed by atoms with van der Waals surface area (Å²) in [6.07, 6.45) is 0. The summed E-state index contributed by atoms with van der Waals surface area (Å²) in [6.45, 7) is -0.676. The van der Waals surface area contributed by atoms with Gasteiger partial charge in [-0.15, -0.1) is 0 Å². The Kier molecular flexibility index (Phi) is 13.6. The monoisotopic (exact) mass is 468 g/mol. The molecule has 0 aromatic carbocycles. The first-order valence-electron chi connectivity index (χ1n) is 4.58. The molecule has 2 radical (unpaired) electrons. The van der Waals surface area contributed by atoms with E-state index in [0.29, 0.717) is 0 Å². The maximum Gasteiger partial charge on any atom is 2.00 e. The minimum atomic E-state index is -1.24. The standard InChI is InChI=1S/2C4H9N3O2.Pb/c2*1-7(4(5)6)2-3(8)9;/h2*2H2,1H3,(H3,5,6)(H,8,9);/q;;+2/p-2. The van der Waals surface area contributed by atoms with E-state index in [2.05, 4.69) is 0 Å². The Labute approximate surface area is 130 Å². The quantitative estimate of drug-likeness (QED) is 0.179. The number of guanidine groups is 2. The normalized spacial score (nSPS) is 8.11. The number of hydrogen-bond donors (Lipinski definition) is 4. The molecule has 19 heavy (non-hydrogen) atoms. The van der Waals surface area contributed by atoms with E-state index < -0.39 is 11.9 Å². The molecule has 0 spiro atoms. The van der Waals surface area contributed by atoms with Gasteiger partial charge in [-0.1, -0.05) is 0 Å². The number of rotatable bonds is 4. The van der Waals surface area contributed by atoms with Crippen LogP contribution in [-0.4, -0.2) is 88.1 Å². The number of carboxylic acids is 2. The first-order valence-corrected chi connectivity index (χ1v) is 4.58. The predicted molar refractivity (Wildman–Crippen MR) is 64.9 cm³/mol. The van der Waals surface area contributed by atoms with Crippen LogP contribution in [0.4, 0.5) is 0 Å². The van der Waals surface area contributed by atoms with E-state index in [-0.39, 0.29) is 52.3 Å². The van der Waals surface area contributed by atoms with Crippen LogP contribution in [0.25, 0.3) is 0 Å². The summed E-state index contributed by atoms with van der Waals surface area (Å²) in [5.41, 5.74) is 9.80. The van der Waals surface area contributed by atoms with Gasteiger partial charge in [-0.2, -0.15) is 0 Å². The molecule has 0 bridgehead atoms. The van der Waals surface area contributed by atoms with Gasteiger partial charge in [-0.3, -0.25) is 10.8 Å². The number of carbonyl (C=O) groups is 2. The number of hydrogen-bond acceptors (Lipinski definition) is 6. The van der Waals surface area contributed by atoms with E-state index in [1.807, 2.05) is 0 Å². The van der Waals surface area contributed by atoms with Crippen molar-refractivity contribution in [1.82, 2.24) is 9.80 Å². The summed E-state index contributed by atoms with van der Waals surface area (Å²) >= 11 is 0. The molecule has 0 saturated carbocycles. The Hall–Kier alpha value is -1.60. The van der Waals surface area contributed by atoms with Crippen molar-refractivity contribution in [2.45, 2.75) is 0 Å². The van der Waals surface area contributed by atoms with Gasteiger partial charge >= 0.3 is 27.3 Å². The first-order chi connectivity index (χ1) is 8.07. The van der Waals surface area contributed by atoms with Crippen LogP contribution in [0.5, 0.6) is 0 Å². The SMILES string of the molecule is CN(CC(=O)[O-])C(=N)N.CN(CC(=O)[O-])C(=N)N.[Pb+2]. The number of carboxylic acid groups (broad SMARTS) is 2. The minimum absolute atomic E-state index is 0. The van der Waals surface area contributed by atoms with Crippen LogP contribution in [0.1, 0.15) is 0 Å². The van der Waals surface area contributed by atoms with Crippen molar-refractivity contribution in [3.8, 4) is 0 Å². The summed E-state index contributed by atoms with van der Waals surface area (Å²) in [5, 5.41) is 33.0. The summed E-state index contributed by atoms with van der Waals surface area (Å²) in [7, 11) is 2.80. The number of carbonyl (C=O) groups excluding carboxylic acids is 2. The van der Waals surface area contributed by atoms with Crippen LogP contribution in [-0.2, 0) is 9.59 Å². The van der Waals surface area contributed by atoms with Crippen LogP contribution >= 0.6 is 0 Å². The van der Waals surface area contributed by atoms with Gasteiger partial charge in [0.2, 0.25) is 0 Å². The molecule has 0 rings (SSSR count). The summed E-state index contributed by atoms with van der Waals surface area (Å²) in [5.74, 6) is -3.04. The van der Waals surface area contributed by atoms with E-state index in [0.717, 1.165) is 9.80 Å². The number of nitrogens with one attached hydrogen (secondary N) is 2. The van der Waals surface area contributed by atoms with Crippen molar-refractivity contribution < 1.29 is 19.8 Å². The van der Waals surface area contributed by atoms with Crippen molar-refractivity contribution in [2.24, 2.45) is 11.5 Å². The largest absolute Gasteiger partial charge is 2.00 e. The van der Waals surface area contributed by atoms with Crippen LogP contribution < -0.4 is 21.7 Å². The molecule has 0 aromatic rings. The van der Waals surface area contributed by atoms with Crippen molar-refractivity contribution in [3.05, 3.63) is 0 Å². The third-order valence-corrected chi connectivity index (χ3v) is 1.56. The molecule has 11 heteroatoms. The van der Waals surface area contributed by atoms with Crippen molar-refractivity contribution in [3.63, 3.8) is 0 Å². The Balaban J connectivity index is -0.000000256. The van der Waals surface area contributed by atoms with E-state index in [4.69, 9.17) is 22.3 Å². The molecule has 0 aliphatic carbocycles. The Morgan fingerprint density at radius 3 is 1.21 bits per heavy atom. The fraction of sp³-hybridized carbons (Fsp3) is 0.500. The van der Waals surface area contributed by atoms with Crippen molar-refractivity contribution in [1.29, 1.82) is 10.8 Å². The Morgan fingerprint density at radius 2 is 1.16 bits per heavy atom. The fourth-order valence-corrected chi connectivity index (χ4v) is 0.558. The number of nitrogens with zero attached hydrogens (tertiary/aromatic N) is 2. The molecule has 0 saturated heterocycles. The maximum atomic E-state index is 9.81. The molecule has 0 atom stereocenters. The second kappa shape index (κ2) is 11.5. The van der Waals surface area contributed by atoms with Gasteiger partial charge in [0.15, 0.2) is 11.9 Å². The molecule has 0 unspecified atom stereocenters. The van der Waals surface area contributed by atoms with E-state index in [1.165, 1.54) is 14.1 Å². The summed E-state index contributed by atoms with van der Waals surface area (Å²) in [4.78, 5) is 21.7. The predicted octanol–water partition coefficient (Wildman–Crippen LogP) is -5.26. The van der Waals surface area contributed by atoms with Crippen LogP contribution in [0.2, 0.25) is 0 Å². The molecule has 0 amide bonds. The smallest absolute Gasteiger partial charge is 0.548 e. The third-order valence-electron chi connectivity index (χ3n) is 1.56. The van der Waals surface area contributed by atoms with E-state index in [1.54, 1.807) is 0 Å². The van der Waals surface area contributed by atoms with E-state index >= 15 is 0 Å². The molecule has 0 aliphatic heterocycles. The minimum Gasteiger partial charge on any atom is -0.548 e. The zero-order chi connectivity index (χ0) is 14.9.